The molecule has 0 fully saturated rings. The normalized spacial score (nSPS) is 10.1. The first kappa shape index (κ1) is 19.1. The van der Waals surface area contributed by atoms with Crippen LogP contribution < -0.4 is 0 Å². The van der Waals surface area contributed by atoms with Crippen molar-refractivity contribution in [1.29, 1.82) is 0 Å². The third-order valence-electron chi connectivity index (χ3n) is 2.30. The van der Waals surface area contributed by atoms with Gasteiger partial charge in [-0.1, -0.05) is 57.4 Å². The van der Waals surface area contributed by atoms with Crippen LogP contribution in [-0.4, -0.2) is 19.5 Å². The van der Waals surface area contributed by atoms with Crippen molar-refractivity contribution in [2.45, 2.75) is 32.6 Å². The fourth-order valence-corrected chi connectivity index (χ4v) is 3.12. The Bertz CT molecular complexity index is 535. The molecular weight excluding hydrogens is 336 g/mol. The van der Waals surface area contributed by atoms with E-state index in [0.717, 1.165) is 10.9 Å². The highest BCUT2D eigenvalue weighted by Gasteiger charge is 2.10. The van der Waals surface area contributed by atoms with Crippen LogP contribution in [0.2, 0.25) is 0 Å². The van der Waals surface area contributed by atoms with E-state index in [1.165, 1.54) is 5.57 Å². The second-order valence-electron chi connectivity index (χ2n) is 4.81. The smallest absolute Gasteiger partial charge is 0.181 e. The van der Waals surface area contributed by atoms with Crippen molar-refractivity contribution >= 4 is 25.8 Å². The van der Waals surface area contributed by atoms with E-state index in [1.54, 1.807) is 36.4 Å². The fraction of sp³-hybridized carbons (Fsp3) is 0.375. The average Bonchev–Trinajstić information content (AvgIpc) is 2.38. The number of sulfone groups is 1. The Morgan fingerprint density at radius 3 is 1.85 bits per heavy atom. The third-order valence-corrected chi connectivity index (χ3v) is 4.22. The molecule has 0 aliphatic rings. The Labute approximate surface area is 131 Å². The summed E-state index contributed by atoms with van der Waals surface area (Å²) in [5.41, 5.74) is 2.39. The van der Waals surface area contributed by atoms with E-state index in [9.17, 15) is 8.42 Å². The Balaban J connectivity index is 0.000000511. The molecule has 0 heterocycles. The lowest BCUT2D eigenvalue weighted by atomic mass is 10.3. The molecule has 0 spiro atoms. The van der Waals surface area contributed by atoms with E-state index in [-0.39, 0.29) is 5.75 Å². The standard InChI is InChI=1S/C11H14O2S.C5H9Br/c1-10(2)8-9-14(12,13)11-6-4-3-5-7-11;1-5(2)3-4-6/h3-8H,9H2,1-2H3;3H,4H2,1-2H3. The van der Waals surface area contributed by atoms with Crippen LogP contribution in [0, 0.1) is 0 Å². The van der Waals surface area contributed by atoms with Gasteiger partial charge in [0.2, 0.25) is 0 Å². The summed E-state index contributed by atoms with van der Waals surface area (Å²) in [6.07, 6.45) is 3.85. The van der Waals surface area contributed by atoms with Crippen LogP contribution in [0.3, 0.4) is 0 Å². The summed E-state index contributed by atoms with van der Waals surface area (Å²) in [7, 11) is -3.13. The predicted octanol–water partition coefficient (Wildman–Crippen LogP) is 4.77. The molecule has 1 aromatic rings. The second kappa shape index (κ2) is 9.94. The Hall–Kier alpha value is -0.870. The van der Waals surface area contributed by atoms with Gasteiger partial charge in [-0.25, -0.2) is 8.42 Å². The molecule has 0 atom stereocenters. The van der Waals surface area contributed by atoms with E-state index in [1.807, 2.05) is 13.8 Å². The average molecular weight is 359 g/mol. The van der Waals surface area contributed by atoms with Crippen LogP contribution in [0.15, 0.2) is 58.5 Å². The van der Waals surface area contributed by atoms with Gasteiger partial charge in [-0.15, -0.1) is 0 Å². The zero-order valence-electron chi connectivity index (χ0n) is 12.6. The van der Waals surface area contributed by atoms with Gasteiger partial charge in [0.05, 0.1) is 10.6 Å². The molecule has 0 saturated carbocycles. The number of hydrogen-bond donors (Lipinski definition) is 0. The van der Waals surface area contributed by atoms with Crippen LogP contribution in [0.25, 0.3) is 0 Å². The monoisotopic (exact) mass is 358 g/mol. The van der Waals surface area contributed by atoms with Gasteiger partial charge in [-0.2, -0.15) is 0 Å². The zero-order valence-corrected chi connectivity index (χ0v) is 15.0. The summed E-state index contributed by atoms with van der Waals surface area (Å²) >= 11 is 3.27. The van der Waals surface area contributed by atoms with Crippen molar-refractivity contribution in [2.75, 3.05) is 11.1 Å². The lowest BCUT2D eigenvalue weighted by Gasteiger charge is -2.00. The van der Waals surface area contributed by atoms with Gasteiger partial charge < -0.3 is 0 Å². The van der Waals surface area contributed by atoms with Crippen LogP contribution in [0.1, 0.15) is 27.7 Å². The van der Waals surface area contributed by atoms with Gasteiger partial charge in [0.25, 0.3) is 0 Å². The van der Waals surface area contributed by atoms with Gasteiger partial charge >= 0.3 is 0 Å². The van der Waals surface area contributed by atoms with Crippen molar-refractivity contribution in [3.05, 3.63) is 53.6 Å². The summed E-state index contributed by atoms with van der Waals surface area (Å²) in [5, 5.41) is 0.981. The third kappa shape index (κ3) is 9.10. The second-order valence-corrected chi connectivity index (χ2v) is 7.49. The number of rotatable bonds is 4. The summed E-state index contributed by atoms with van der Waals surface area (Å²) in [5.74, 6) is 0.0827. The van der Waals surface area contributed by atoms with Crippen molar-refractivity contribution < 1.29 is 8.42 Å². The summed E-state index contributed by atoms with van der Waals surface area (Å²) < 4.78 is 23.4. The number of halogens is 1. The maximum Gasteiger partial charge on any atom is 0.181 e. The quantitative estimate of drug-likeness (QED) is 0.573. The molecular formula is C16H23BrO2S. The Morgan fingerprint density at radius 1 is 1.00 bits per heavy atom. The molecule has 0 aliphatic carbocycles. The van der Waals surface area contributed by atoms with Gasteiger partial charge in [0.1, 0.15) is 0 Å². The molecule has 20 heavy (non-hydrogen) atoms. The molecule has 0 saturated heterocycles. The number of hydrogen-bond acceptors (Lipinski definition) is 2. The van der Waals surface area contributed by atoms with Crippen molar-refractivity contribution in [2.24, 2.45) is 0 Å². The van der Waals surface area contributed by atoms with Gasteiger partial charge in [0.15, 0.2) is 9.84 Å². The van der Waals surface area contributed by atoms with Crippen LogP contribution in [0.5, 0.6) is 0 Å². The van der Waals surface area contributed by atoms with E-state index in [4.69, 9.17) is 0 Å². The largest absolute Gasteiger partial charge is 0.223 e. The summed E-state index contributed by atoms with van der Waals surface area (Å²) in [6, 6.07) is 8.51. The van der Waals surface area contributed by atoms with Gasteiger partial charge in [-0.05, 0) is 39.8 Å². The Morgan fingerprint density at radius 2 is 1.50 bits per heavy atom. The Kier molecular flexibility index (Phi) is 9.51. The SMILES string of the molecule is CC(C)=CCBr.CC(C)=CCS(=O)(=O)c1ccccc1. The molecule has 0 bridgehead atoms. The summed E-state index contributed by atoms with van der Waals surface area (Å²) in [4.78, 5) is 0.387. The molecule has 0 amide bonds. The summed E-state index contributed by atoms with van der Waals surface area (Å²) in [6.45, 7) is 7.95. The lowest BCUT2D eigenvalue weighted by molar-refractivity contribution is 0.599. The van der Waals surface area contributed by atoms with Crippen molar-refractivity contribution in [1.82, 2.24) is 0 Å². The minimum atomic E-state index is -3.13. The zero-order chi connectivity index (χ0) is 15.6. The molecule has 0 aromatic heterocycles. The molecule has 4 heteroatoms. The molecule has 0 unspecified atom stereocenters. The molecule has 112 valence electrons. The maximum absolute atomic E-state index is 11.7. The molecule has 1 aromatic carbocycles. The number of allylic oxidation sites excluding steroid dienone is 3. The van der Waals surface area contributed by atoms with E-state index in [0.29, 0.717) is 4.90 Å². The van der Waals surface area contributed by atoms with Crippen LogP contribution >= 0.6 is 15.9 Å². The highest BCUT2D eigenvalue weighted by atomic mass is 79.9. The molecule has 2 nitrogen and oxygen atoms in total. The maximum atomic E-state index is 11.7. The van der Waals surface area contributed by atoms with Crippen molar-refractivity contribution in [3.63, 3.8) is 0 Å². The first-order valence-corrected chi connectivity index (χ1v) is 9.17. The molecule has 0 N–H and O–H groups in total. The van der Waals surface area contributed by atoms with Gasteiger partial charge in [0, 0.05) is 5.33 Å². The predicted molar refractivity (Wildman–Crippen MR) is 91.2 cm³/mol. The first-order valence-electron chi connectivity index (χ1n) is 6.40. The molecule has 0 radical (unpaired) electrons. The van der Waals surface area contributed by atoms with E-state index in [2.05, 4.69) is 35.9 Å². The van der Waals surface area contributed by atoms with E-state index < -0.39 is 9.84 Å². The fourth-order valence-electron chi connectivity index (χ4n) is 1.15. The molecule has 1 rings (SSSR count). The topological polar surface area (TPSA) is 34.1 Å². The minimum Gasteiger partial charge on any atom is -0.223 e. The van der Waals surface area contributed by atoms with Gasteiger partial charge in [-0.3, -0.25) is 0 Å². The number of alkyl halides is 1. The number of benzene rings is 1. The van der Waals surface area contributed by atoms with E-state index >= 15 is 0 Å². The molecule has 0 aliphatic heterocycles. The lowest BCUT2D eigenvalue weighted by Crippen LogP contribution is -2.04. The highest BCUT2D eigenvalue weighted by molar-refractivity contribution is 9.09. The van der Waals surface area contributed by atoms with Crippen LogP contribution in [0.4, 0.5) is 0 Å². The first-order chi connectivity index (χ1) is 9.29. The highest BCUT2D eigenvalue weighted by Crippen LogP contribution is 2.10. The van der Waals surface area contributed by atoms with Crippen molar-refractivity contribution in [3.8, 4) is 0 Å². The minimum absolute atomic E-state index is 0.0827. The van der Waals surface area contributed by atoms with Crippen LogP contribution in [-0.2, 0) is 9.84 Å².